The SMILES string of the molecule is CC(C)(C)NS(=O)(=O)c1ccc(C(=O)N2CCC(C#N)CC2)o1. The van der Waals surface area contributed by atoms with Gasteiger partial charge in [-0.2, -0.15) is 5.26 Å². The van der Waals surface area contributed by atoms with Gasteiger partial charge in [-0.05, 0) is 45.7 Å². The molecular formula is C15H21N3O4S. The fourth-order valence-electron chi connectivity index (χ4n) is 2.40. The van der Waals surface area contributed by atoms with Crippen molar-refractivity contribution in [3.8, 4) is 6.07 Å². The lowest BCUT2D eigenvalue weighted by Gasteiger charge is -2.28. The zero-order valence-electron chi connectivity index (χ0n) is 13.5. The first-order valence-corrected chi connectivity index (χ1v) is 8.93. The predicted molar refractivity (Wildman–Crippen MR) is 83.0 cm³/mol. The summed E-state index contributed by atoms with van der Waals surface area (Å²) in [6.45, 7) is 6.11. The number of piperidine rings is 1. The number of furan rings is 1. The van der Waals surface area contributed by atoms with Crippen LogP contribution in [0, 0.1) is 17.2 Å². The van der Waals surface area contributed by atoms with Crippen molar-refractivity contribution in [3.05, 3.63) is 17.9 Å². The van der Waals surface area contributed by atoms with Gasteiger partial charge in [0.25, 0.3) is 15.9 Å². The van der Waals surface area contributed by atoms with E-state index in [2.05, 4.69) is 10.8 Å². The average molecular weight is 339 g/mol. The Morgan fingerprint density at radius 1 is 1.35 bits per heavy atom. The molecule has 0 atom stereocenters. The van der Waals surface area contributed by atoms with Gasteiger partial charge in [-0.25, -0.2) is 13.1 Å². The van der Waals surface area contributed by atoms with Crippen LogP contribution in [0.4, 0.5) is 0 Å². The molecule has 1 aliphatic rings. The quantitative estimate of drug-likeness (QED) is 0.903. The van der Waals surface area contributed by atoms with Crippen molar-refractivity contribution in [2.75, 3.05) is 13.1 Å². The lowest BCUT2D eigenvalue weighted by molar-refractivity contribution is 0.0669. The number of carbonyl (C=O) groups excluding carboxylic acids is 1. The standard InChI is InChI=1S/C15H21N3O4S/c1-15(2,3)17-23(20,21)13-5-4-12(22-13)14(19)18-8-6-11(10-16)7-9-18/h4-5,11,17H,6-9H2,1-3H3. The maximum Gasteiger partial charge on any atom is 0.289 e. The molecule has 1 fully saturated rings. The molecule has 0 radical (unpaired) electrons. The summed E-state index contributed by atoms with van der Waals surface area (Å²) >= 11 is 0. The second-order valence-electron chi connectivity index (χ2n) is 6.67. The summed E-state index contributed by atoms with van der Waals surface area (Å²) in [6.07, 6.45) is 1.25. The van der Waals surface area contributed by atoms with Gasteiger partial charge in [-0.3, -0.25) is 4.79 Å². The highest BCUT2D eigenvalue weighted by Crippen LogP contribution is 2.21. The van der Waals surface area contributed by atoms with Crippen LogP contribution < -0.4 is 4.72 Å². The van der Waals surface area contributed by atoms with Gasteiger partial charge >= 0.3 is 0 Å². The number of hydrogen-bond acceptors (Lipinski definition) is 5. The van der Waals surface area contributed by atoms with Crippen molar-refractivity contribution in [2.24, 2.45) is 5.92 Å². The zero-order valence-corrected chi connectivity index (χ0v) is 14.3. The molecule has 0 aromatic carbocycles. The first-order valence-electron chi connectivity index (χ1n) is 7.45. The van der Waals surface area contributed by atoms with Crippen LogP contribution in [-0.2, 0) is 10.0 Å². The molecule has 1 N–H and O–H groups in total. The van der Waals surface area contributed by atoms with Crippen LogP contribution in [0.1, 0.15) is 44.2 Å². The molecule has 1 aromatic rings. The number of sulfonamides is 1. The van der Waals surface area contributed by atoms with E-state index in [1.165, 1.54) is 12.1 Å². The third-order valence-corrected chi connectivity index (χ3v) is 5.09. The van der Waals surface area contributed by atoms with Gasteiger partial charge in [-0.1, -0.05) is 0 Å². The van der Waals surface area contributed by atoms with E-state index in [0.717, 1.165) is 0 Å². The van der Waals surface area contributed by atoms with Crippen LogP contribution in [-0.4, -0.2) is 37.9 Å². The minimum Gasteiger partial charge on any atom is -0.438 e. The Labute approximate surface area is 136 Å². The highest BCUT2D eigenvalue weighted by molar-refractivity contribution is 7.89. The number of likely N-dealkylation sites (tertiary alicyclic amines) is 1. The third-order valence-electron chi connectivity index (χ3n) is 3.46. The van der Waals surface area contributed by atoms with Crippen molar-refractivity contribution in [3.63, 3.8) is 0 Å². The minimum atomic E-state index is -3.80. The van der Waals surface area contributed by atoms with E-state index in [1.54, 1.807) is 25.7 Å². The molecule has 1 saturated heterocycles. The summed E-state index contributed by atoms with van der Waals surface area (Å²) < 4.78 is 32.1. The summed E-state index contributed by atoms with van der Waals surface area (Å²) in [4.78, 5) is 13.9. The maximum absolute atomic E-state index is 12.4. The Morgan fingerprint density at radius 3 is 2.48 bits per heavy atom. The molecule has 0 unspecified atom stereocenters. The Balaban J connectivity index is 2.10. The van der Waals surface area contributed by atoms with E-state index < -0.39 is 15.6 Å². The Bertz CT molecular complexity index is 717. The van der Waals surface area contributed by atoms with E-state index in [9.17, 15) is 13.2 Å². The number of rotatable bonds is 3. The van der Waals surface area contributed by atoms with Crippen LogP contribution >= 0.6 is 0 Å². The second-order valence-corrected chi connectivity index (χ2v) is 8.28. The highest BCUT2D eigenvalue weighted by Gasteiger charge is 2.29. The van der Waals surface area contributed by atoms with Crippen molar-refractivity contribution in [1.29, 1.82) is 5.26 Å². The van der Waals surface area contributed by atoms with Crippen molar-refractivity contribution < 1.29 is 17.6 Å². The third kappa shape index (κ3) is 4.33. The van der Waals surface area contributed by atoms with E-state index in [-0.39, 0.29) is 22.7 Å². The molecule has 2 heterocycles. The zero-order chi connectivity index (χ0) is 17.3. The second kappa shape index (κ2) is 6.34. The molecule has 0 aliphatic carbocycles. The fourth-order valence-corrected chi connectivity index (χ4v) is 3.75. The topological polar surface area (TPSA) is 103 Å². The molecular weight excluding hydrogens is 318 g/mol. The summed E-state index contributed by atoms with van der Waals surface area (Å²) in [5.74, 6) is -0.379. The van der Waals surface area contributed by atoms with E-state index >= 15 is 0 Å². The molecule has 1 aliphatic heterocycles. The first kappa shape index (κ1) is 17.5. The molecule has 8 heteroatoms. The summed E-state index contributed by atoms with van der Waals surface area (Å²) in [7, 11) is -3.80. The van der Waals surface area contributed by atoms with Gasteiger partial charge in [0.1, 0.15) is 0 Å². The lowest BCUT2D eigenvalue weighted by atomic mass is 9.98. The molecule has 2 rings (SSSR count). The smallest absolute Gasteiger partial charge is 0.289 e. The minimum absolute atomic E-state index is 0.00491. The number of amides is 1. The highest BCUT2D eigenvalue weighted by atomic mass is 32.2. The monoisotopic (exact) mass is 339 g/mol. The first-order chi connectivity index (χ1) is 10.6. The lowest BCUT2D eigenvalue weighted by Crippen LogP contribution is -2.40. The van der Waals surface area contributed by atoms with Gasteiger partial charge in [-0.15, -0.1) is 0 Å². The maximum atomic E-state index is 12.4. The molecule has 23 heavy (non-hydrogen) atoms. The number of hydrogen-bond donors (Lipinski definition) is 1. The molecule has 0 spiro atoms. The fraction of sp³-hybridized carbons (Fsp3) is 0.600. The average Bonchev–Trinajstić information content (AvgIpc) is 2.95. The summed E-state index contributed by atoms with van der Waals surface area (Å²) in [5.41, 5.74) is -0.644. The Morgan fingerprint density at radius 2 is 1.96 bits per heavy atom. The van der Waals surface area contributed by atoms with Gasteiger partial charge in [0.15, 0.2) is 5.76 Å². The number of nitrogens with zero attached hydrogens (tertiary/aromatic N) is 2. The number of nitriles is 1. The Hall–Kier alpha value is -1.85. The van der Waals surface area contributed by atoms with Gasteiger partial charge in [0, 0.05) is 24.5 Å². The molecule has 1 aromatic heterocycles. The van der Waals surface area contributed by atoms with Crippen LogP contribution in [0.2, 0.25) is 0 Å². The van der Waals surface area contributed by atoms with Gasteiger partial charge < -0.3 is 9.32 Å². The number of carbonyl (C=O) groups is 1. The van der Waals surface area contributed by atoms with E-state index in [0.29, 0.717) is 25.9 Å². The molecule has 1 amide bonds. The molecule has 0 bridgehead atoms. The predicted octanol–water partition coefficient (Wildman–Crippen LogP) is 1.73. The van der Waals surface area contributed by atoms with Crippen molar-refractivity contribution in [2.45, 2.75) is 44.2 Å². The molecule has 7 nitrogen and oxygen atoms in total. The van der Waals surface area contributed by atoms with Crippen molar-refractivity contribution in [1.82, 2.24) is 9.62 Å². The van der Waals surface area contributed by atoms with E-state index in [1.807, 2.05) is 0 Å². The summed E-state index contributed by atoms with van der Waals surface area (Å²) in [5, 5.41) is 8.60. The van der Waals surface area contributed by atoms with Gasteiger partial charge in [0.2, 0.25) is 5.09 Å². The molecule has 126 valence electrons. The normalized spacial score (nSPS) is 17.0. The van der Waals surface area contributed by atoms with Crippen molar-refractivity contribution >= 4 is 15.9 Å². The largest absolute Gasteiger partial charge is 0.438 e. The Kier molecular flexibility index (Phi) is 4.82. The number of nitrogens with one attached hydrogen (secondary N) is 1. The van der Waals surface area contributed by atoms with Crippen LogP contribution in [0.3, 0.4) is 0 Å². The molecule has 0 saturated carbocycles. The van der Waals surface area contributed by atoms with Crippen LogP contribution in [0.15, 0.2) is 21.6 Å². The summed E-state index contributed by atoms with van der Waals surface area (Å²) in [6, 6.07) is 4.85. The van der Waals surface area contributed by atoms with Gasteiger partial charge in [0.05, 0.1) is 6.07 Å². The van der Waals surface area contributed by atoms with E-state index in [4.69, 9.17) is 9.68 Å². The van der Waals surface area contributed by atoms with Crippen LogP contribution in [0.5, 0.6) is 0 Å². The van der Waals surface area contributed by atoms with Crippen LogP contribution in [0.25, 0.3) is 0 Å².